The predicted molar refractivity (Wildman–Crippen MR) is 123 cm³/mol. The van der Waals surface area contributed by atoms with Gasteiger partial charge in [0, 0.05) is 11.8 Å². The molecule has 162 valence electrons. The van der Waals surface area contributed by atoms with Crippen LogP contribution in [-0.4, -0.2) is 21.2 Å². The second kappa shape index (κ2) is 8.92. The molecule has 0 aliphatic rings. The minimum atomic E-state index is -0.897. The van der Waals surface area contributed by atoms with Crippen molar-refractivity contribution in [1.29, 1.82) is 0 Å². The summed E-state index contributed by atoms with van der Waals surface area (Å²) in [4.78, 5) is 30.2. The van der Waals surface area contributed by atoms with E-state index in [-0.39, 0.29) is 22.5 Å². The Morgan fingerprint density at radius 1 is 1.06 bits per heavy atom. The quantitative estimate of drug-likeness (QED) is 0.342. The number of anilines is 1. The number of hydrogen-bond acceptors (Lipinski definition) is 4. The molecule has 0 spiro atoms. The lowest BCUT2D eigenvalue weighted by molar-refractivity contribution is -0.113. The molecule has 0 bridgehead atoms. The van der Waals surface area contributed by atoms with Crippen LogP contribution < -0.4 is 10.9 Å². The van der Waals surface area contributed by atoms with E-state index in [1.165, 1.54) is 6.07 Å². The molecule has 1 N–H and O–H groups in total. The van der Waals surface area contributed by atoms with Crippen LogP contribution in [-0.2, 0) is 4.79 Å². The Kier molecular flexibility index (Phi) is 6.05. The van der Waals surface area contributed by atoms with Gasteiger partial charge in [-0.15, -0.1) is 0 Å². The number of nitrogens with one attached hydrogen (secondary N) is 1. The molecule has 4 rings (SSSR count). The zero-order chi connectivity index (χ0) is 22.8. The number of amides is 1. The molecule has 0 unspecified atom stereocenters. The molecule has 0 saturated carbocycles. The molecule has 1 heterocycles. The topological polar surface area (TPSA) is 64.0 Å². The van der Waals surface area contributed by atoms with Crippen molar-refractivity contribution in [1.82, 2.24) is 9.55 Å². The normalized spacial score (nSPS) is 11.0. The molecule has 8 heteroatoms. The Labute approximate surface area is 187 Å². The van der Waals surface area contributed by atoms with E-state index in [0.29, 0.717) is 22.7 Å². The molecule has 0 saturated heterocycles. The highest BCUT2D eigenvalue weighted by molar-refractivity contribution is 7.99. The van der Waals surface area contributed by atoms with E-state index in [1.54, 1.807) is 24.3 Å². The maximum atomic E-state index is 14.5. The van der Waals surface area contributed by atoms with Crippen LogP contribution >= 0.6 is 11.8 Å². The number of carbonyl (C=O) groups is 1. The second-order valence-corrected chi connectivity index (χ2v) is 8.25. The zero-order valence-corrected chi connectivity index (χ0v) is 18.2. The highest BCUT2D eigenvalue weighted by Crippen LogP contribution is 2.24. The summed E-state index contributed by atoms with van der Waals surface area (Å²) in [5.74, 6) is -2.00. The largest absolute Gasteiger partial charge is 0.325 e. The number of nitrogens with zero attached hydrogens (tertiary/aromatic N) is 2. The first-order chi connectivity index (χ1) is 15.3. The minimum Gasteiger partial charge on any atom is -0.325 e. The fourth-order valence-electron chi connectivity index (χ4n) is 3.27. The predicted octanol–water partition coefficient (Wildman–Crippen LogP) is 5.01. The van der Waals surface area contributed by atoms with Crippen LogP contribution in [0.5, 0.6) is 0 Å². The monoisotopic (exact) mass is 451 g/mol. The van der Waals surface area contributed by atoms with E-state index >= 15 is 0 Å². The third-order valence-corrected chi connectivity index (χ3v) is 5.83. The number of carbonyl (C=O) groups excluding carboxylic acids is 1. The molecule has 1 aromatic heterocycles. The number of halogens is 2. The molecule has 0 fully saturated rings. The van der Waals surface area contributed by atoms with E-state index in [0.717, 1.165) is 33.5 Å². The number of fused-ring (bicyclic) bond motifs is 1. The molecule has 0 atom stereocenters. The van der Waals surface area contributed by atoms with Gasteiger partial charge in [-0.1, -0.05) is 36.0 Å². The second-order valence-electron chi connectivity index (χ2n) is 7.30. The van der Waals surface area contributed by atoms with Crippen LogP contribution in [0.1, 0.15) is 11.1 Å². The summed E-state index contributed by atoms with van der Waals surface area (Å²) in [6.07, 6.45) is 0. The van der Waals surface area contributed by atoms with E-state index in [1.807, 2.05) is 32.0 Å². The first-order valence-corrected chi connectivity index (χ1v) is 10.8. The number of benzene rings is 3. The van der Waals surface area contributed by atoms with Gasteiger partial charge in [0.05, 0.1) is 22.3 Å². The van der Waals surface area contributed by atoms with E-state index in [2.05, 4.69) is 10.3 Å². The van der Waals surface area contributed by atoms with Crippen molar-refractivity contribution >= 4 is 34.3 Å². The Morgan fingerprint density at radius 2 is 1.84 bits per heavy atom. The lowest BCUT2D eigenvalue weighted by Crippen LogP contribution is -2.24. The maximum Gasteiger partial charge on any atom is 0.266 e. The molecule has 32 heavy (non-hydrogen) atoms. The summed E-state index contributed by atoms with van der Waals surface area (Å²) in [6.45, 7) is 3.82. The van der Waals surface area contributed by atoms with Crippen molar-refractivity contribution in [3.63, 3.8) is 0 Å². The van der Waals surface area contributed by atoms with Crippen LogP contribution in [0, 0.1) is 25.5 Å². The standard InChI is InChI=1S/C24H19F2N3O2S/c1-14-7-8-15(2)20(11-14)27-22(30)13-32-24-28-19-6-4-3-5-17(19)23(31)29(24)21-10-9-16(25)12-18(21)26/h3-12H,13H2,1-2H3,(H,27,30). The van der Waals surface area contributed by atoms with Crippen molar-refractivity contribution in [3.05, 3.63) is 93.8 Å². The van der Waals surface area contributed by atoms with Gasteiger partial charge in [0.1, 0.15) is 11.6 Å². The van der Waals surface area contributed by atoms with Crippen molar-refractivity contribution < 1.29 is 13.6 Å². The van der Waals surface area contributed by atoms with Crippen LogP contribution in [0.4, 0.5) is 14.5 Å². The highest BCUT2D eigenvalue weighted by Gasteiger charge is 2.18. The molecular weight excluding hydrogens is 432 g/mol. The van der Waals surface area contributed by atoms with Crippen LogP contribution in [0.2, 0.25) is 0 Å². The van der Waals surface area contributed by atoms with Gasteiger partial charge in [-0.2, -0.15) is 0 Å². The van der Waals surface area contributed by atoms with Crippen molar-refractivity contribution in [2.75, 3.05) is 11.1 Å². The Hall–Kier alpha value is -3.52. The zero-order valence-electron chi connectivity index (χ0n) is 17.4. The number of aryl methyl sites for hydroxylation is 2. The first kappa shape index (κ1) is 21.7. The van der Waals surface area contributed by atoms with Crippen LogP contribution in [0.3, 0.4) is 0 Å². The lowest BCUT2D eigenvalue weighted by atomic mass is 10.1. The van der Waals surface area contributed by atoms with Gasteiger partial charge in [0.25, 0.3) is 5.56 Å². The third kappa shape index (κ3) is 4.40. The molecule has 3 aromatic carbocycles. The molecule has 4 aromatic rings. The van der Waals surface area contributed by atoms with E-state index in [4.69, 9.17) is 0 Å². The fraction of sp³-hybridized carbons (Fsp3) is 0.125. The number of aromatic nitrogens is 2. The summed E-state index contributed by atoms with van der Waals surface area (Å²) in [6, 6.07) is 15.4. The average molecular weight is 451 g/mol. The Balaban J connectivity index is 1.70. The average Bonchev–Trinajstić information content (AvgIpc) is 2.76. The van der Waals surface area contributed by atoms with Gasteiger partial charge in [0.15, 0.2) is 5.16 Å². The summed E-state index contributed by atoms with van der Waals surface area (Å²) in [5, 5.41) is 3.28. The Morgan fingerprint density at radius 3 is 2.62 bits per heavy atom. The molecule has 0 radical (unpaired) electrons. The SMILES string of the molecule is Cc1ccc(C)c(NC(=O)CSc2nc3ccccc3c(=O)n2-c2ccc(F)cc2F)c1. The lowest BCUT2D eigenvalue weighted by Gasteiger charge is -2.14. The molecular formula is C24H19F2N3O2S. The van der Waals surface area contributed by atoms with Crippen molar-refractivity contribution in [3.8, 4) is 5.69 Å². The third-order valence-electron chi connectivity index (χ3n) is 4.90. The van der Waals surface area contributed by atoms with Gasteiger partial charge >= 0.3 is 0 Å². The maximum absolute atomic E-state index is 14.5. The smallest absolute Gasteiger partial charge is 0.266 e. The van der Waals surface area contributed by atoms with Gasteiger partial charge in [-0.05, 0) is 55.3 Å². The summed E-state index contributed by atoms with van der Waals surface area (Å²) >= 11 is 1.00. The number of para-hydroxylation sites is 1. The minimum absolute atomic E-state index is 0.0546. The molecule has 1 amide bonds. The summed E-state index contributed by atoms with van der Waals surface area (Å²) in [5.41, 5.74) is 2.42. The van der Waals surface area contributed by atoms with Gasteiger partial charge in [0.2, 0.25) is 5.91 Å². The highest BCUT2D eigenvalue weighted by atomic mass is 32.2. The summed E-state index contributed by atoms with van der Waals surface area (Å²) < 4.78 is 29.1. The molecule has 0 aliphatic carbocycles. The number of hydrogen-bond donors (Lipinski definition) is 1. The van der Waals surface area contributed by atoms with Crippen LogP contribution in [0.25, 0.3) is 16.6 Å². The van der Waals surface area contributed by atoms with E-state index < -0.39 is 17.2 Å². The molecule has 0 aliphatic heterocycles. The van der Waals surface area contributed by atoms with Crippen LogP contribution in [0.15, 0.2) is 70.6 Å². The van der Waals surface area contributed by atoms with Gasteiger partial charge in [-0.25, -0.2) is 13.8 Å². The number of thioether (sulfide) groups is 1. The van der Waals surface area contributed by atoms with Crippen molar-refractivity contribution in [2.45, 2.75) is 19.0 Å². The Bertz CT molecular complexity index is 1400. The fourth-order valence-corrected chi connectivity index (χ4v) is 4.08. The first-order valence-electron chi connectivity index (χ1n) is 9.80. The number of rotatable bonds is 5. The summed E-state index contributed by atoms with van der Waals surface area (Å²) in [7, 11) is 0. The van der Waals surface area contributed by atoms with E-state index in [9.17, 15) is 18.4 Å². The van der Waals surface area contributed by atoms with Gasteiger partial charge in [-0.3, -0.25) is 14.2 Å². The molecule has 5 nitrogen and oxygen atoms in total. The van der Waals surface area contributed by atoms with Gasteiger partial charge < -0.3 is 5.32 Å². The van der Waals surface area contributed by atoms with Crippen molar-refractivity contribution in [2.24, 2.45) is 0 Å².